The molecule has 3 N–H and O–H groups in total. The van der Waals surface area contributed by atoms with Crippen LogP contribution in [-0.4, -0.2) is 16.3 Å². The van der Waals surface area contributed by atoms with E-state index in [1.807, 2.05) is 0 Å². The third kappa shape index (κ3) is 3.63. The number of hydrogen-bond donors (Lipinski definition) is 2. The summed E-state index contributed by atoms with van der Waals surface area (Å²) in [4.78, 5) is 10.5. The van der Waals surface area contributed by atoms with E-state index < -0.39 is 4.92 Å². The molecular weight excluding hydrogens is 292 g/mol. The summed E-state index contributed by atoms with van der Waals surface area (Å²) in [5, 5.41) is 14.8. The molecule has 0 aliphatic rings. The predicted molar refractivity (Wildman–Crippen MR) is 83.1 cm³/mol. The van der Waals surface area contributed by atoms with Gasteiger partial charge in [-0.3, -0.25) is 15.5 Å². The molecule has 21 heavy (non-hydrogen) atoms. The second-order valence-corrected chi connectivity index (χ2v) is 4.63. The van der Waals surface area contributed by atoms with Crippen molar-refractivity contribution in [2.75, 3.05) is 0 Å². The molecule has 0 atom stereocenters. The lowest BCUT2D eigenvalue weighted by Crippen LogP contribution is -2.23. The fraction of sp³-hybridized carbons (Fsp3) is 0.0769. The number of nitro groups is 1. The van der Waals surface area contributed by atoms with Crippen molar-refractivity contribution in [2.24, 2.45) is 10.8 Å². The van der Waals surface area contributed by atoms with Crippen LogP contribution in [0.2, 0.25) is 0 Å². The molecule has 0 saturated heterocycles. The highest BCUT2D eigenvalue weighted by Gasteiger charge is 2.13. The minimum atomic E-state index is -0.420. The summed E-state index contributed by atoms with van der Waals surface area (Å²) < 4.78 is 5.53. The lowest BCUT2D eigenvalue weighted by Gasteiger charge is -2.00. The van der Waals surface area contributed by atoms with Gasteiger partial charge in [-0.2, -0.15) is 5.10 Å². The van der Waals surface area contributed by atoms with Gasteiger partial charge in [0, 0.05) is 17.2 Å². The first kappa shape index (κ1) is 14.7. The van der Waals surface area contributed by atoms with Gasteiger partial charge < -0.3 is 10.2 Å². The van der Waals surface area contributed by atoms with Crippen molar-refractivity contribution in [1.29, 1.82) is 0 Å². The van der Waals surface area contributed by atoms with Crippen LogP contribution >= 0.6 is 12.2 Å². The highest BCUT2D eigenvalue weighted by molar-refractivity contribution is 7.80. The van der Waals surface area contributed by atoms with E-state index in [0.29, 0.717) is 22.6 Å². The van der Waals surface area contributed by atoms with Gasteiger partial charge in [0.2, 0.25) is 0 Å². The summed E-state index contributed by atoms with van der Waals surface area (Å²) in [6, 6.07) is 8.30. The molecule has 7 nitrogen and oxygen atoms in total. The van der Waals surface area contributed by atoms with E-state index in [0.717, 1.165) is 0 Å². The second-order valence-electron chi connectivity index (χ2n) is 4.19. The number of rotatable bonds is 4. The van der Waals surface area contributed by atoms with Crippen LogP contribution < -0.4 is 11.2 Å². The van der Waals surface area contributed by atoms with Crippen LogP contribution in [0.1, 0.15) is 11.3 Å². The van der Waals surface area contributed by atoms with Crippen molar-refractivity contribution in [3.05, 3.63) is 51.8 Å². The summed E-state index contributed by atoms with van der Waals surface area (Å²) in [7, 11) is 0. The summed E-state index contributed by atoms with van der Waals surface area (Å²) in [5.41, 5.74) is 8.89. The van der Waals surface area contributed by atoms with Crippen molar-refractivity contribution < 1.29 is 9.34 Å². The third-order valence-electron chi connectivity index (χ3n) is 2.68. The Balaban J connectivity index is 2.25. The number of aryl methyl sites for hydroxylation is 1. The molecule has 1 aromatic carbocycles. The number of hydrogen-bond acceptors (Lipinski definition) is 5. The number of thiocarbonyl (C=S) groups is 1. The van der Waals surface area contributed by atoms with Crippen molar-refractivity contribution >= 4 is 29.2 Å². The molecule has 8 heteroatoms. The van der Waals surface area contributed by atoms with Gasteiger partial charge in [0.05, 0.1) is 11.1 Å². The van der Waals surface area contributed by atoms with Crippen molar-refractivity contribution in [1.82, 2.24) is 5.43 Å². The first-order chi connectivity index (χ1) is 9.97. The Morgan fingerprint density at radius 3 is 2.90 bits per heavy atom. The topological polar surface area (TPSA) is 107 Å². The molecular formula is C13H12N4O3S. The average molecular weight is 304 g/mol. The van der Waals surface area contributed by atoms with E-state index in [9.17, 15) is 10.1 Å². The Kier molecular flexibility index (Phi) is 4.29. The van der Waals surface area contributed by atoms with Crippen LogP contribution in [0.25, 0.3) is 11.3 Å². The smallest absolute Gasteiger partial charge is 0.273 e. The summed E-state index contributed by atoms with van der Waals surface area (Å²) in [5.74, 6) is 0.979. The highest BCUT2D eigenvalue weighted by Crippen LogP contribution is 2.27. The molecule has 0 unspecified atom stereocenters. The lowest BCUT2D eigenvalue weighted by molar-refractivity contribution is -0.385. The van der Waals surface area contributed by atoms with Crippen molar-refractivity contribution in [3.63, 3.8) is 0 Å². The maximum atomic E-state index is 10.9. The van der Waals surface area contributed by atoms with Gasteiger partial charge in [-0.05, 0) is 31.3 Å². The Hall–Kier alpha value is -2.74. The highest BCUT2D eigenvalue weighted by atomic mass is 32.1. The number of hydrazone groups is 1. The molecule has 0 spiro atoms. The third-order valence-corrected chi connectivity index (χ3v) is 2.77. The summed E-state index contributed by atoms with van der Waals surface area (Å²) in [6.45, 7) is 1.68. The molecule has 0 radical (unpaired) electrons. The standard InChI is InChI=1S/C13H12N4O3S/c1-8-2-3-9(6-11(8)17(18)19)12-5-4-10(20-12)7-15-16-13(14)21/h2-7H,1H3,(H3,14,16,21)/b15-7-. The van der Waals surface area contributed by atoms with Crippen LogP contribution in [0.5, 0.6) is 0 Å². The monoisotopic (exact) mass is 304 g/mol. The van der Waals surface area contributed by atoms with E-state index in [1.54, 1.807) is 31.2 Å². The van der Waals surface area contributed by atoms with Gasteiger partial charge in [-0.1, -0.05) is 12.1 Å². The Bertz CT molecular complexity index is 724. The Morgan fingerprint density at radius 1 is 1.48 bits per heavy atom. The zero-order valence-corrected chi connectivity index (χ0v) is 11.9. The molecule has 2 rings (SSSR count). The maximum absolute atomic E-state index is 10.9. The van der Waals surface area contributed by atoms with Crippen LogP contribution in [-0.2, 0) is 0 Å². The average Bonchev–Trinajstić information content (AvgIpc) is 2.87. The molecule has 1 aromatic heterocycles. The molecule has 0 fully saturated rings. The molecule has 2 aromatic rings. The van der Waals surface area contributed by atoms with E-state index in [2.05, 4.69) is 22.7 Å². The van der Waals surface area contributed by atoms with Crippen LogP contribution in [0, 0.1) is 17.0 Å². The van der Waals surface area contributed by atoms with E-state index in [4.69, 9.17) is 10.2 Å². The van der Waals surface area contributed by atoms with Crippen LogP contribution in [0.3, 0.4) is 0 Å². The zero-order valence-electron chi connectivity index (χ0n) is 11.1. The lowest BCUT2D eigenvalue weighted by atomic mass is 10.1. The van der Waals surface area contributed by atoms with Crippen molar-refractivity contribution in [2.45, 2.75) is 6.92 Å². The van der Waals surface area contributed by atoms with Gasteiger partial charge in [-0.15, -0.1) is 0 Å². The Labute approximate surface area is 125 Å². The van der Waals surface area contributed by atoms with E-state index in [-0.39, 0.29) is 10.8 Å². The molecule has 0 saturated carbocycles. The number of nitrogens with zero attached hydrogens (tertiary/aromatic N) is 2. The number of nitrogens with one attached hydrogen (secondary N) is 1. The maximum Gasteiger partial charge on any atom is 0.273 e. The molecule has 0 aliphatic heterocycles. The largest absolute Gasteiger partial charge is 0.455 e. The molecule has 1 heterocycles. The number of furan rings is 1. The fourth-order valence-electron chi connectivity index (χ4n) is 1.70. The number of nitrogens with two attached hydrogens (primary N) is 1. The van der Waals surface area contributed by atoms with Gasteiger partial charge >= 0.3 is 0 Å². The molecule has 108 valence electrons. The first-order valence-corrected chi connectivity index (χ1v) is 6.32. The minimum absolute atomic E-state index is 0.0483. The van der Waals surface area contributed by atoms with Gasteiger partial charge in [-0.25, -0.2) is 0 Å². The minimum Gasteiger partial charge on any atom is -0.455 e. The Morgan fingerprint density at radius 2 is 2.24 bits per heavy atom. The van der Waals surface area contributed by atoms with E-state index >= 15 is 0 Å². The van der Waals surface area contributed by atoms with Crippen molar-refractivity contribution in [3.8, 4) is 11.3 Å². The molecule has 0 bridgehead atoms. The summed E-state index contributed by atoms with van der Waals surface area (Å²) >= 11 is 4.60. The van der Waals surface area contributed by atoms with Gasteiger partial charge in [0.15, 0.2) is 5.11 Å². The second kappa shape index (κ2) is 6.14. The van der Waals surface area contributed by atoms with Gasteiger partial charge in [0.1, 0.15) is 11.5 Å². The molecule has 0 aliphatic carbocycles. The first-order valence-electron chi connectivity index (χ1n) is 5.91. The zero-order chi connectivity index (χ0) is 15.4. The fourth-order valence-corrected chi connectivity index (χ4v) is 1.75. The SMILES string of the molecule is Cc1ccc(-c2ccc(/C=N\NC(N)=S)o2)cc1[N+](=O)[O-]. The normalized spacial score (nSPS) is 10.7. The predicted octanol–water partition coefficient (Wildman–Crippen LogP) is 2.33. The van der Waals surface area contributed by atoms with E-state index in [1.165, 1.54) is 12.3 Å². The number of nitro benzene ring substituents is 1. The van der Waals surface area contributed by atoms with Crippen LogP contribution in [0.4, 0.5) is 5.69 Å². The molecule has 0 amide bonds. The van der Waals surface area contributed by atoms with Gasteiger partial charge in [0.25, 0.3) is 5.69 Å². The number of benzene rings is 1. The quantitative estimate of drug-likeness (QED) is 0.388. The summed E-state index contributed by atoms with van der Waals surface area (Å²) in [6.07, 6.45) is 1.41. The van der Waals surface area contributed by atoms with Crippen LogP contribution in [0.15, 0.2) is 39.9 Å².